The first-order valence-corrected chi connectivity index (χ1v) is 3.95. The van der Waals surface area contributed by atoms with E-state index in [1.54, 1.807) is 12.3 Å². The van der Waals surface area contributed by atoms with Crippen LogP contribution in [0.25, 0.3) is 0 Å². The van der Waals surface area contributed by atoms with E-state index in [1.165, 1.54) is 11.3 Å². The van der Waals surface area contributed by atoms with E-state index in [1.807, 2.05) is 0 Å². The summed E-state index contributed by atoms with van der Waals surface area (Å²) in [5, 5.41) is 15.0. The molecule has 0 aliphatic carbocycles. The third kappa shape index (κ3) is 3.07. The van der Waals surface area contributed by atoms with Crippen molar-refractivity contribution < 1.29 is 4.79 Å². The largest absolute Gasteiger partial charge is 0.791 e. The second kappa shape index (κ2) is 5.33. The van der Waals surface area contributed by atoms with Gasteiger partial charge in [0, 0.05) is 34.9 Å². The normalized spacial score (nSPS) is 10.7. The summed E-state index contributed by atoms with van der Waals surface area (Å²) in [5.74, 6) is -0.852. The zero-order valence-corrected chi connectivity index (χ0v) is 10.1. The maximum absolute atomic E-state index is 10.6. The molecular weight excluding hydrogens is 201 g/mol. The van der Waals surface area contributed by atoms with Crippen molar-refractivity contribution in [3.8, 4) is 0 Å². The van der Waals surface area contributed by atoms with Crippen molar-refractivity contribution in [2.24, 2.45) is 10.9 Å². The summed E-state index contributed by atoms with van der Waals surface area (Å²) in [6.45, 7) is 1.76. The van der Waals surface area contributed by atoms with Gasteiger partial charge in [-0.25, -0.2) is 4.98 Å². The van der Waals surface area contributed by atoms with Gasteiger partial charge in [0.2, 0.25) is 0 Å². The van der Waals surface area contributed by atoms with Gasteiger partial charge in [0.25, 0.3) is 5.91 Å². The van der Waals surface area contributed by atoms with Crippen LogP contribution in [0.2, 0.25) is 0 Å². The predicted molar refractivity (Wildman–Crippen MR) is 51.7 cm³/mol. The molecule has 2 N–H and O–H groups in total. The first-order chi connectivity index (χ1) is 5.65. The van der Waals surface area contributed by atoms with Crippen LogP contribution in [0.15, 0.2) is 10.5 Å². The Kier molecular flexibility index (Phi) is 5.16. The van der Waals surface area contributed by atoms with Gasteiger partial charge >= 0.3 is 0 Å². The number of primary amides is 1. The number of amides is 1. The molecule has 0 saturated heterocycles. The Bertz CT molecular complexity index is 336. The standard InChI is InChI=1S/C6H7N3O2S.Na/c1-3-8-4(2-12-3)5(9-11)6(7)10;/h2,11H,1H3,(H2,7,10);/p-1/b9-5-;. The van der Waals surface area contributed by atoms with E-state index in [4.69, 9.17) is 5.73 Å². The maximum atomic E-state index is 10.6. The number of carbonyl (C=O) groups is 1. The van der Waals surface area contributed by atoms with Crippen LogP contribution in [0.4, 0.5) is 0 Å². The van der Waals surface area contributed by atoms with E-state index in [0.29, 0.717) is 0 Å². The molecule has 1 radical (unpaired) electrons. The van der Waals surface area contributed by atoms with Crippen LogP contribution in [0.1, 0.15) is 10.7 Å². The summed E-state index contributed by atoms with van der Waals surface area (Å²) in [6.07, 6.45) is 0. The summed E-state index contributed by atoms with van der Waals surface area (Å²) in [7, 11) is 0. The van der Waals surface area contributed by atoms with E-state index < -0.39 is 5.91 Å². The molecule has 0 fully saturated rings. The van der Waals surface area contributed by atoms with Crippen LogP contribution in [-0.4, -0.2) is 46.2 Å². The van der Waals surface area contributed by atoms with Gasteiger partial charge in [-0.2, -0.15) is 0 Å². The number of aromatic nitrogens is 1. The molecule has 7 heteroatoms. The third-order valence-corrected chi connectivity index (χ3v) is 1.96. The molecule has 1 rings (SSSR count). The number of carbonyl (C=O) groups excluding carboxylic acids is 1. The maximum Gasteiger partial charge on any atom is 0.268 e. The molecule has 1 amide bonds. The zero-order valence-electron chi connectivity index (χ0n) is 7.27. The Hall–Kier alpha value is -0.430. The quantitative estimate of drug-likeness (QED) is 0.415. The van der Waals surface area contributed by atoms with Crippen LogP contribution in [0.5, 0.6) is 0 Å². The molecule has 65 valence electrons. The van der Waals surface area contributed by atoms with E-state index in [0.717, 1.165) is 5.01 Å². The molecule has 1 aromatic heterocycles. The number of nitrogens with two attached hydrogens (primary N) is 1. The number of hydrogen-bond donors (Lipinski definition) is 1. The number of thiazole rings is 1. The smallest absolute Gasteiger partial charge is 0.268 e. The van der Waals surface area contributed by atoms with Gasteiger partial charge in [-0.15, -0.1) is 11.3 Å². The van der Waals surface area contributed by atoms with Crippen molar-refractivity contribution in [3.05, 3.63) is 21.3 Å². The van der Waals surface area contributed by atoms with Crippen molar-refractivity contribution in [3.63, 3.8) is 0 Å². The topological polar surface area (TPSA) is 91.4 Å². The predicted octanol–water partition coefficient (Wildman–Crippen LogP) is -0.157. The monoisotopic (exact) mass is 207 g/mol. The van der Waals surface area contributed by atoms with E-state index >= 15 is 0 Å². The Balaban J connectivity index is 0.00000144. The fourth-order valence-corrected chi connectivity index (χ4v) is 1.29. The molecular formula is C6H6N3NaO2S-. The Morgan fingerprint density at radius 3 is 2.69 bits per heavy atom. The van der Waals surface area contributed by atoms with Gasteiger partial charge in [-0.05, 0) is 6.92 Å². The number of aryl methyl sites for hydroxylation is 1. The van der Waals surface area contributed by atoms with Crippen molar-refractivity contribution >= 4 is 52.5 Å². The molecule has 1 aromatic rings. The Morgan fingerprint density at radius 2 is 2.38 bits per heavy atom. The molecule has 0 aromatic carbocycles. The van der Waals surface area contributed by atoms with Gasteiger partial charge < -0.3 is 16.1 Å². The van der Waals surface area contributed by atoms with Crippen LogP contribution in [0, 0.1) is 12.1 Å². The molecule has 0 saturated carbocycles. The minimum atomic E-state index is -0.852. The molecule has 5 nitrogen and oxygen atoms in total. The van der Waals surface area contributed by atoms with Gasteiger partial charge in [-0.1, -0.05) is 0 Å². The van der Waals surface area contributed by atoms with Crippen molar-refractivity contribution in [1.29, 1.82) is 0 Å². The molecule has 0 aliphatic heterocycles. The summed E-state index contributed by atoms with van der Waals surface area (Å²) in [4.78, 5) is 14.5. The molecule has 13 heavy (non-hydrogen) atoms. The molecule has 0 atom stereocenters. The molecule has 0 aliphatic rings. The number of rotatable bonds is 2. The fourth-order valence-electron chi connectivity index (χ4n) is 0.690. The van der Waals surface area contributed by atoms with E-state index in [2.05, 4.69) is 10.1 Å². The summed E-state index contributed by atoms with van der Waals surface area (Å²) < 4.78 is 0. The van der Waals surface area contributed by atoms with Crippen molar-refractivity contribution in [1.82, 2.24) is 4.98 Å². The second-order valence-corrected chi connectivity index (χ2v) is 3.12. The Morgan fingerprint density at radius 1 is 1.77 bits per heavy atom. The average molecular weight is 207 g/mol. The average Bonchev–Trinajstić information content (AvgIpc) is 2.37. The zero-order chi connectivity index (χ0) is 9.14. The minimum absolute atomic E-state index is 0. The Labute approximate surface area is 101 Å². The van der Waals surface area contributed by atoms with Crippen LogP contribution < -0.4 is 5.73 Å². The second-order valence-electron chi connectivity index (χ2n) is 2.06. The fraction of sp³-hybridized carbons (Fsp3) is 0.167. The first kappa shape index (κ1) is 12.6. The number of hydrogen-bond acceptors (Lipinski definition) is 5. The van der Waals surface area contributed by atoms with Crippen LogP contribution >= 0.6 is 11.3 Å². The summed E-state index contributed by atoms with van der Waals surface area (Å²) in [6, 6.07) is 0. The number of nitrogens with zero attached hydrogens (tertiary/aromatic N) is 2. The summed E-state index contributed by atoms with van der Waals surface area (Å²) in [5.41, 5.74) is 4.81. The van der Waals surface area contributed by atoms with Crippen molar-refractivity contribution in [2.75, 3.05) is 0 Å². The van der Waals surface area contributed by atoms with Crippen molar-refractivity contribution in [2.45, 2.75) is 6.92 Å². The third-order valence-electron chi connectivity index (χ3n) is 1.19. The summed E-state index contributed by atoms with van der Waals surface area (Å²) >= 11 is 1.33. The SMILES string of the molecule is Cc1nc(/C(=N/[O-])C(N)=O)cs1.[Na]. The van der Waals surface area contributed by atoms with Gasteiger partial charge in [-0.3, -0.25) is 4.79 Å². The minimum Gasteiger partial charge on any atom is -0.791 e. The van der Waals surface area contributed by atoms with E-state index in [-0.39, 0.29) is 41.0 Å². The molecule has 0 spiro atoms. The first-order valence-electron chi connectivity index (χ1n) is 3.07. The van der Waals surface area contributed by atoms with E-state index in [9.17, 15) is 10.0 Å². The molecule has 1 heterocycles. The van der Waals surface area contributed by atoms with Gasteiger partial charge in [0.15, 0.2) is 0 Å². The molecule has 0 unspecified atom stereocenters. The molecule has 0 bridgehead atoms. The van der Waals surface area contributed by atoms with Gasteiger partial charge in [0.05, 0.1) is 5.01 Å². The van der Waals surface area contributed by atoms with Crippen LogP contribution in [-0.2, 0) is 4.79 Å². The van der Waals surface area contributed by atoms with Crippen LogP contribution in [0.3, 0.4) is 0 Å². The van der Waals surface area contributed by atoms with Gasteiger partial charge in [0.1, 0.15) is 11.4 Å².